The highest BCUT2D eigenvalue weighted by Gasteiger charge is 2.11. The summed E-state index contributed by atoms with van der Waals surface area (Å²) in [5.41, 5.74) is 0.833. The molecular formula is C13H15BrN2O2. The lowest BCUT2D eigenvalue weighted by atomic mass is 10.2. The highest BCUT2D eigenvalue weighted by atomic mass is 79.9. The summed E-state index contributed by atoms with van der Waals surface area (Å²) in [5.74, 6) is 1.73. The van der Waals surface area contributed by atoms with Gasteiger partial charge in [0.1, 0.15) is 11.5 Å². The second-order valence-electron chi connectivity index (χ2n) is 4.18. The van der Waals surface area contributed by atoms with Crippen LogP contribution in [-0.2, 0) is 6.54 Å². The van der Waals surface area contributed by atoms with Crippen molar-refractivity contribution in [2.45, 2.75) is 26.4 Å². The van der Waals surface area contributed by atoms with E-state index in [1.807, 2.05) is 19.9 Å². The number of hydrogen-bond acceptors (Lipinski definition) is 4. The zero-order chi connectivity index (χ0) is 13.1. The fourth-order valence-electron chi connectivity index (χ4n) is 1.62. The molecule has 5 heteroatoms. The fourth-order valence-corrected chi connectivity index (χ4v) is 2.03. The Balaban J connectivity index is 2.01. The molecule has 0 aliphatic carbocycles. The molecule has 1 atom stereocenters. The topological polar surface area (TPSA) is 58.3 Å². The van der Waals surface area contributed by atoms with Crippen LogP contribution in [0.15, 0.2) is 33.3 Å². The first kappa shape index (κ1) is 13.1. The second kappa shape index (κ2) is 5.54. The Kier molecular flexibility index (Phi) is 4.04. The van der Waals surface area contributed by atoms with Gasteiger partial charge >= 0.3 is 0 Å². The number of oxazole rings is 1. The summed E-state index contributed by atoms with van der Waals surface area (Å²) in [7, 11) is 0. The summed E-state index contributed by atoms with van der Waals surface area (Å²) in [6.45, 7) is 4.39. The summed E-state index contributed by atoms with van der Waals surface area (Å²) < 4.78 is 6.38. The van der Waals surface area contributed by atoms with Gasteiger partial charge in [-0.1, -0.05) is 15.9 Å². The van der Waals surface area contributed by atoms with E-state index in [-0.39, 0.29) is 11.8 Å². The van der Waals surface area contributed by atoms with Crippen molar-refractivity contribution in [3.05, 3.63) is 46.1 Å². The van der Waals surface area contributed by atoms with Crippen LogP contribution in [0.3, 0.4) is 0 Å². The number of halogens is 1. The van der Waals surface area contributed by atoms with Crippen LogP contribution in [0.2, 0.25) is 0 Å². The van der Waals surface area contributed by atoms with Crippen LogP contribution in [0.1, 0.15) is 30.2 Å². The Morgan fingerprint density at radius 2 is 2.28 bits per heavy atom. The van der Waals surface area contributed by atoms with Crippen molar-refractivity contribution in [3.8, 4) is 5.75 Å². The normalized spacial score (nSPS) is 12.6. The summed E-state index contributed by atoms with van der Waals surface area (Å²) in [6, 6.07) is 5.36. The van der Waals surface area contributed by atoms with Crippen LogP contribution in [0.5, 0.6) is 5.75 Å². The molecule has 0 fully saturated rings. The van der Waals surface area contributed by atoms with Gasteiger partial charge in [-0.2, -0.15) is 0 Å². The van der Waals surface area contributed by atoms with Crippen molar-refractivity contribution in [2.24, 2.45) is 0 Å². The highest BCUT2D eigenvalue weighted by molar-refractivity contribution is 9.10. The number of hydrogen-bond donors (Lipinski definition) is 2. The van der Waals surface area contributed by atoms with Gasteiger partial charge in [-0.15, -0.1) is 0 Å². The number of aryl methyl sites for hydroxylation is 1. The molecule has 4 nitrogen and oxygen atoms in total. The Labute approximate surface area is 114 Å². The second-order valence-corrected chi connectivity index (χ2v) is 5.10. The lowest BCUT2D eigenvalue weighted by molar-refractivity contribution is 0.398. The van der Waals surface area contributed by atoms with Gasteiger partial charge in [0, 0.05) is 16.6 Å². The molecule has 0 bridgehead atoms. The smallest absolute Gasteiger partial charge is 0.211 e. The predicted molar refractivity (Wildman–Crippen MR) is 72.3 cm³/mol. The van der Waals surface area contributed by atoms with Crippen molar-refractivity contribution in [1.29, 1.82) is 0 Å². The van der Waals surface area contributed by atoms with Crippen molar-refractivity contribution < 1.29 is 9.52 Å². The Morgan fingerprint density at radius 1 is 1.50 bits per heavy atom. The van der Waals surface area contributed by atoms with E-state index in [1.54, 1.807) is 18.3 Å². The lowest BCUT2D eigenvalue weighted by Crippen LogP contribution is -2.18. The van der Waals surface area contributed by atoms with E-state index < -0.39 is 0 Å². The minimum Gasteiger partial charge on any atom is -0.508 e. The monoisotopic (exact) mass is 310 g/mol. The molecule has 0 spiro atoms. The van der Waals surface area contributed by atoms with Gasteiger partial charge in [0.2, 0.25) is 5.89 Å². The van der Waals surface area contributed by atoms with Crippen molar-refractivity contribution in [1.82, 2.24) is 10.3 Å². The van der Waals surface area contributed by atoms with E-state index in [9.17, 15) is 5.11 Å². The number of benzene rings is 1. The minimum absolute atomic E-state index is 0.00270. The van der Waals surface area contributed by atoms with Crippen LogP contribution >= 0.6 is 15.9 Å². The highest BCUT2D eigenvalue weighted by Crippen LogP contribution is 2.22. The Bertz CT molecular complexity index is 540. The fraction of sp³-hybridized carbons (Fsp3) is 0.308. The summed E-state index contributed by atoms with van der Waals surface area (Å²) in [4.78, 5) is 4.17. The standard InChI is InChI=1S/C13H15BrN2O2/c1-8-6-16-13(18-8)9(2)15-7-10-5-11(14)3-4-12(10)17/h3-6,9,15,17H,7H2,1-2H3. The molecule has 2 aromatic rings. The predicted octanol–water partition coefficient (Wildman–Crippen LogP) is 3.30. The first-order valence-electron chi connectivity index (χ1n) is 5.69. The number of nitrogens with zero attached hydrogens (tertiary/aromatic N) is 1. The molecule has 0 saturated carbocycles. The molecule has 0 amide bonds. The maximum atomic E-state index is 9.72. The molecule has 1 aromatic carbocycles. The van der Waals surface area contributed by atoms with Crippen LogP contribution in [0.25, 0.3) is 0 Å². The molecule has 0 aliphatic heterocycles. The first-order valence-corrected chi connectivity index (χ1v) is 6.48. The zero-order valence-corrected chi connectivity index (χ0v) is 11.9. The minimum atomic E-state index is -0.00270. The third kappa shape index (κ3) is 3.11. The van der Waals surface area contributed by atoms with Crippen molar-refractivity contribution in [2.75, 3.05) is 0 Å². The van der Waals surface area contributed by atoms with E-state index >= 15 is 0 Å². The van der Waals surface area contributed by atoms with Crippen LogP contribution in [0.4, 0.5) is 0 Å². The molecule has 0 aliphatic rings. The van der Waals surface area contributed by atoms with E-state index in [0.717, 1.165) is 15.8 Å². The molecule has 1 unspecified atom stereocenters. The Hall–Kier alpha value is -1.33. The number of aromatic nitrogens is 1. The van der Waals surface area contributed by atoms with Crippen LogP contribution in [0, 0.1) is 6.92 Å². The summed E-state index contributed by atoms with van der Waals surface area (Å²) in [6.07, 6.45) is 1.70. The average Bonchev–Trinajstić information content (AvgIpc) is 2.77. The molecule has 1 aromatic heterocycles. The molecule has 0 radical (unpaired) electrons. The van der Waals surface area contributed by atoms with E-state index in [4.69, 9.17) is 4.42 Å². The number of aromatic hydroxyl groups is 1. The molecule has 96 valence electrons. The lowest BCUT2D eigenvalue weighted by Gasteiger charge is -2.11. The van der Waals surface area contributed by atoms with Gasteiger partial charge in [-0.05, 0) is 32.0 Å². The third-order valence-corrected chi connectivity index (χ3v) is 3.14. The number of rotatable bonds is 4. The third-order valence-electron chi connectivity index (χ3n) is 2.65. The maximum absolute atomic E-state index is 9.72. The largest absolute Gasteiger partial charge is 0.508 e. The molecule has 2 N–H and O–H groups in total. The van der Waals surface area contributed by atoms with Gasteiger partial charge in [0.25, 0.3) is 0 Å². The Morgan fingerprint density at radius 3 is 2.94 bits per heavy atom. The van der Waals surface area contributed by atoms with Gasteiger partial charge in [0.15, 0.2) is 0 Å². The number of phenolic OH excluding ortho intramolecular Hbond substituents is 1. The SMILES string of the molecule is Cc1cnc(C(C)NCc2cc(Br)ccc2O)o1. The maximum Gasteiger partial charge on any atom is 0.211 e. The quantitative estimate of drug-likeness (QED) is 0.909. The number of phenols is 1. The summed E-state index contributed by atoms with van der Waals surface area (Å²) in [5, 5.41) is 13.0. The molecular weight excluding hydrogens is 296 g/mol. The molecule has 2 rings (SSSR count). The zero-order valence-electron chi connectivity index (χ0n) is 10.3. The van der Waals surface area contributed by atoms with E-state index in [1.165, 1.54) is 0 Å². The molecule has 18 heavy (non-hydrogen) atoms. The van der Waals surface area contributed by atoms with Crippen LogP contribution < -0.4 is 5.32 Å². The first-order chi connectivity index (χ1) is 8.56. The van der Waals surface area contributed by atoms with Crippen molar-refractivity contribution in [3.63, 3.8) is 0 Å². The van der Waals surface area contributed by atoms with Crippen LogP contribution in [-0.4, -0.2) is 10.1 Å². The van der Waals surface area contributed by atoms with Gasteiger partial charge in [-0.3, -0.25) is 0 Å². The van der Waals surface area contributed by atoms with E-state index in [0.29, 0.717) is 12.4 Å². The molecule has 1 heterocycles. The summed E-state index contributed by atoms with van der Waals surface area (Å²) >= 11 is 3.38. The van der Waals surface area contributed by atoms with Gasteiger partial charge < -0.3 is 14.8 Å². The van der Waals surface area contributed by atoms with Gasteiger partial charge in [0.05, 0.1) is 12.2 Å². The van der Waals surface area contributed by atoms with Crippen molar-refractivity contribution >= 4 is 15.9 Å². The van der Waals surface area contributed by atoms with Gasteiger partial charge in [-0.25, -0.2) is 4.98 Å². The molecule has 0 saturated heterocycles. The average molecular weight is 311 g/mol. The van der Waals surface area contributed by atoms with E-state index in [2.05, 4.69) is 26.2 Å². The number of nitrogens with one attached hydrogen (secondary N) is 1.